The second kappa shape index (κ2) is 4.07. The van der Waals surface area contributed by atoms with Crippen molar-refractivity contribution in [3.8, 4) is 6.07 Å². The number of nitriles is 1. The number of sulfone groups is 1. The van der Waals surface area contributed by atoms with Gasteiger partial charge in [0.1, 0.15) is 0 Å². The molecule has 0 aliphatic rings. The number of rotatable bonds is 3. The van der Waals surface area contributed by atoms with Gasteiger partial charge in [-0.2, -0.15) is 5.26 Å². The first-order valence-corrected chi connectivity index (χ1v) is 5.59. The van der Waals surface area contributed by atoms with Crippen molar-refractivity contribution < 1.29 is 8.42 Å². The molecule has 0 bridgehead atoms. The van der Waals surface area contributed by atoms with Gasteiger partial charge >= 0.3 is 0 Å². The van der Waals surface area contributed by atoms with E-state index in [2.05, 4.69) is 6.58 Å². The van der Waals surface area contributed by atoms with Crippen LogP contribution in [0.15, 0.2) is 41.8 Å². The van der Waals surface area contributed by atoms with E-state index < -0.39 is 9.84 Å². The van der Waals surface area contributed by atoms with Gasteiger partial charge in [0.05, 0.1) is 22.3 Å². The predicted octanol–water partition coefficient (Wildman–Crippen LogP) is 1.52. The monoisotopic (exact) mass is 207 g/mol. The first-order chi connectivity index (χ1) is 6.60. The molecule has 0 N–H and O–H groups in total. The Balaban J connectivity index is 3.11. The maximum absolute atomic E-state index is 11.5. The van der Waals surface area contributed by atoms with Gasteiger partial charge < -0.3 is 0 Å². The fraction of sp³-hybridized carbons (Fsp3) is 0.100. The number of benzene rings is 1. The molecule has 0 atom stereocenters. The van der Waals surface area contributed by atoms with Crippen molar-refractivity contribution in [1.29, 1.82) is 5.26 Å². The number of hydrogen-bond acceptors (Lipinski definition) is 3. The lowest BCUT2D eigenvalue weighted by molar-refractivity contribution is 0.599. The van der Waals surface area contributed by atoms with Crippen LogP contribution in [0.2, 0.25) is 0 Å². The van der Waals surface area contributed by atoms with Crippen molar-refractivity contribution in [3.05, 3.63) is 42.5 Å². The van der Waals surface area contributed by atoms with Gasteiger partial charge in [0.15, 0.2) is 9.84 Å². The fourth-order valence-corrected chi connectivity index (χ4v) is 2.04. The Kier molecular flexibility index (Phi) is 3.05. The topological polar surface area (TPSA) is 57.9 Å². The molecule has 0 aliphatic heterocycles. The minimum Gasteiger partial charge on any atom is -0.223 e. The minimum atomic E-state index is -3.26. The fourth-order valence-electron chi connectivity index (χ4n) is 0.988. The second-order valence-corrected chi connectivity index (χ2v) is 4.74. The molecule has 0 saturated carbocycles. The van der Waals surface area contributed by atoms with Crippen LogP contribution in [0.25, 0.3) is 0 Å². The molecule has 0 heterocycles. The van der Waals surface area contributed by atoms with E-state index in [0.717, 1.165) is 0 Å². The summed E-state index contributed by atoms with van der Waals surface area (Å²) in [7, 11) is -3.26. The first-order valence-electron chi connectivity index (χ1n) is 3.94. The molecular weight excluding hydrogens is 198 g/mol. The van der Waals surface area contributed by atoms with Crippen LogP contribution in [0, 0.1) is 11.3 Å². The van der Waals surface area contributed by atoms with Gasteiger partial charge in [0, 0.05) is 0 Å². The van der Waals surface area contributed by atoms with Crippen LogP contribution in [0.3, 0.4) is 0 Å². The molecular formula is C10H9NO2S. The van der Waals surface area contributed by atoms with Crippen molar-refractivity contribution >= 4 is 9.84 Å². The Bertz CT molecular complexity index is 466. The van der Waals surface area contributed by atoms with E-state index in [0.29, 0.717) is 5.56 Å². The van der Waals surface area contributed by atoms with Gasteiger partial charge in [-0.25, -0.2) is 8.42 Å². The van der Waals surface area contributed by atoms with Gasteiger partial charge in [-0.1, -0.05) is 6.08 Å². The zero-order valence-corrected chi connectivity index (χ0v) is 8.29. The Hall–Kier alpha value is -1.60. The molecule has 0 saturated heterocycles. The molecule has 0 spiro atoms. The lowest BCUT2D eigenvalue weighted by atomic mass is 10.2. The van der Waals surface area contributed by atoms with Crippen LogP contribution in [0.4, 0.5) is 0 Å². The summed E-state index contributed by atoms with van der Waals surface area (Å²) in [6.07, 6.45) is 1.34. The van der Waals surface area contributed by atoms with Crippen molar-refractivity contribution in [3.63, 3.8) is 0 Å². The molecule has 0 aromatic heterocycles. The van der Waals surface area contributed by atoms with Gasteiger partial charge in [0.25, 0.3) is 0 Å². The molecule has 0 radical (unpaired) electrons. The molecule has 0 fully saturated rings. The molecule has 72 valence electrons. The van der Waals surface area contributed by atoms with E-state index in [-0.39, 0.29) is 10.6 Å². The average molecular weight is 207 g/mol. The van der Waals surface area contributed by atoms with E-state index in [1.54, 1.807) is 0 Å². The SMILES string of the molecule is C=CCS(=O)(=O)c1ccc(C#N)cc1. The molecule has 4 heteroatoms. The Labute approximate surface area is 83.2 Å². The van der Waals surface area contributed by atoms with Crippen molar-refractivity contribution in [2.75, 3.05) is 5.75 Å². The maximum Gasteiger partial charge on any atom is 0.181 e. The predicted molar refractivity (Wildman–Crippen MR) is 53.4 cm³/mol. The standard InChI is InChI=1S/C10H9NO2S/c1-2-7-14(12,13)10-5-3-9(8-11)4-6-10/h2-6H,1,7H2. The van der Waals surface area contributed by atoms with Gasteiger partial charge in [-0.3, -0.25) is 0 Å². The van der Waals surface area contributed by atoms with E-state index in [9.17, 15) is 8.42 Å². The van der Waals surface area contributed by atoms with Crippen LogP contribution >= 0.6 is 0 Å². The van der Waals surface area contributed by atoms with Gasteiger partial charge in [0.2, 0.25) is 0 Å². The summed E-state index contributed by atoms with van der Waals surface area (Å²) in [6.45, 7) is 3.37. The highest BCUT2D eigenvalue weighted by atomic mass is 32.2. The molecule has 3 nitrogen and oxygen atoms in total. The van der Waals surface area contributed by atoms with E-state index in [1.165, 1.54) is 30.3 Å². The van der Waals surface area contributed by atoms with Crippen LogP contribution in [0.5, 0.6) is 0 Å². The zero-order valence-electron chi connectivity index (χ0n) is 7.47. The van der Waals surface area contributed by atoms with Gasteiger partial charge in [-0.15, -0.1) is 6.58 Å². The van der Waals surface area contributed by atoms with E-state index in [4.69, 9.17) is 5.26 Å². The summed E-state index contributed by atoms with van der Waals surface area (Å²) in [6, 6.07) is 7.74. The van der Waals surface area contributed by atoms with Gasteiger partial charge in [-0.05, 0) is 24.3 Å². The smallest absolute Gasteiger partial charge is 0.181 e. The number of nitrogens with zero attached hydrogens (tertiary/aromatic N) is 1. The zero-order chi connectivity index (χ0) is 10.6. The summed E-state index contributed by atoms with van der Waals surface area (Å²) in [5.74, 6) is -0.0844. The Morgan fingerprint density at radius 3 is 2.36 bits per heavy atom. The number of hydrogen-bond donors (Lipinski definition) is 0. The molecule has 14 heavy (non-hydrogen) atoms. The van der Waals surface area contributed by atoms with E-state index >= 15 is 0 Å². The Morgan fingerprint density at radius 1 is 1.36 bits per heavy atom. The molecule has 1 aromatic carbocycles. The average Bonchev–Trinajstić information content (AvgIpc) is 2.18. The highest BCUT2D eigenvalue weighted by molar-refractivity contribution is 7.91. The highest BCUT2D eigenvalue weighted by Crippen LogP contribution is 2.11. The Morgan fingerprint density at radius 2 is 1.93 bits per heavy atom. The summed E-state index contributed by atoms with van der Waals surface area (Å²) < 4.78 is 23.0. The van der Waals surface area contributed by atoms with Crippen molar-refractivity contribution in [2.24, 2.45) is 0 Å². The first kappa shape index (κ1) is 10.5. The largest absolute Gasteiger partial charge is 0.223 e. The molecule has 1 aromatic rings. The maximum atomic E-state index is 11.5. The highest BCUT2D eigenvalue weighted by Gasteiger charge is 2.11. The third-order valence-corrected chi connectivity index (χ3v) is 3.34. The minimum absolute atomic E-state index is 0.0844. The van der Waals surface area contributed by atoms with E-state index in [1.807, 2.05) is 6.07 Å². The quantitative estimate of drug-likeness (QED) is 0.706. The van der Waals surface area contributed by atoms with Crippen LogP contribution < -0.4 is 0 Å². The van der Waals surface area contributed by atoms with Crippen molar-refractivity contribution in [1.82, 2.24) is 0 Å². The summed E-state index contributed by atoms with van der Waals surface area (Å²) >= 11 is 0. The third-order valence-electron chi connectivity index (χ3n) is 1.68. The van der Waals surface area contributed by atoms with Crippen LogP contribution in [-0.4, -0.2) is 14.2 Å². The van der Waals surface area contributed by atoms with Crippen molar-refractivity contribution in [2.45, 2.75) is 4.90 Å². The summed E-state index contributed by atoms with van der Waals surface area (Å²) in [5.41, 5.74) is 0.447. The van der Waals surface area contributed by atoms with Crippen LogP contribution in [0.1, 0.15) is 5.56 Å². The second-order valence-electron chi connectivity index (χ2n) is 2.71. The summed E-state index contributed by atoms with van der Waals surface area (Å²) in [5, 5.41) is 8.52. The third kappa shape index (κ3) is 2.21. The molecule has 0 unspecified atom stereocenters. The molecule has 0 amide bonds. The lowest BCUT2D eigenvalue weighted by Gasteiger charge is -2.00. The molecule has 1 rings (SSSR count). The molecule has 0 aliphatic carbocycles. The lowest BCUT2D eigenvalue weighted by Crippen LogP contribution is -2.04. The van der Waals surface area contributed by atoms with Crippen LogP contribution in [-0.2, 0) is 9.84 Å². The normalized spacial score (nSPS) is 10.5. The summed E-state index contributed by atoms with van der Waals surface area (Å²) in [4.78, 5) is 0.219.